The molecule has 1 saturated heterocycles. The zero-order valence-electron chi connectivity index (χ0n) is 17.7. The van der Waals surface area contributed by atoms with E-state index in [9.17, 15) is 14.4 Å². The summed E-state index contributed by atoms with van der Waals surface area (Å²) < 4.78 is 5.46. The quantitative estimate of drug-likeness (QED) is 0.613. The molecule has 2 aromatic carbocycles. The van der Waals surface area contributed by atoms with Gasteiger partial charge in [0, 0.05) is 23.7 Å². The highest BCUT2D eigenvalue weighted by molar-refractivity contribution is 7.12. The van der Waals surface area contributed by atoms with Gasteiger partial charge in [0.25, 0.3) is 11.8 Å². The monoisotopic (exact) mass is 481 g/mol. The maximum atomic E-state index is 13.5. The van der Waals surface area contributed by atoms with Gasteiger partial charge in [-0.2, -0.15) is 0 Å². The first-order chi connectivity index (χ1) is 16.0. The highest BCUT2D eigenvalue weighted by Gasteiger charge is 2.40. The number of anilines is 1. The Balaban J connectivity index is 1.47. The van der Waals surface area contributed by atoms with E-state index >= 15 is 0 Å². The van der Waals surface area contributed by atoms with Crippen molar-refractivity contribution in [3.05, 3.63) is 69.4 Å². The Bertz CT molecular complexity index is 1260. The summed E-state index contributed by atoms with van der Waals surface area (Å²) in [5.74, 6) is -0.0525. The third-order valence-corrected chi connectivity index (χ3v) is 7.04. The minimum atomic E-state index is -0.758. The number of piperazine rings is 1. The molecule has 3 amide bonds. The van der Waals surface area contributed by atoms with Gasteiger partial charge in [-0.05, 0) is 47.3 Å². The number of rotatable bonds is 3. The number of fused-ring (bicyclic) bond motifs is 2. The second kappa shape index (κ2) is 8.53. The van der Waals surface area contributed by atoms with Gasteiger partial charge in [-0.25, -0.2) is 0 Å². The summed E-state index contributed by atoms with van der Waals surface area (Å²) in [6, 6.07) is 13.4. The van der Waals surface area contributed by atoms with Crippen LogP contribution in [0, 0.1) is 0 Å². The number of ether oxygens (including phenoxy) is 1. The first-order valence-electron chi connectivity index (χ1n) is 10.4. The summed E-state index contributed by atoms with van der Waals surface area (Å²) >= 11 is 7.55. The zero-order valence-corrected chi connectivity index (χ0v) is 19.3. The van der Waals surface area contributed by atoms with Gasteiger partial charge in [-0.1, -0.05) is 23.7 Å². The number of carbonyl (C=O) groups is 3. The molecule has 33 heavy (non-hydrogen) atoms. The maximum Gasteiger partial charge on any atom is 0.264 e. The molecule has 0 saturated carbocycles. The molecule has 5 rings (SSSR count). The molecule has 2 aliphatic heterocycles. The fraction of sp³-hybridized carbons (Fsp3) is 0.208. The standard InChI is InChI=1S/C24H20ClN3O4S/c1-32-20-7-5-15(25)12-16(20)14-4-6-18-17(11-14)23(30)28-9-8-27(13-19(28)22(29)26-18)24(31)21-3-2-10-33-21/h2-7,10-12,19H,8-9,13H2,1H3,(H,26,29). The molecule has 1 aromatic heterocycles. The van der Waals surface area contributed by atoms with Crippen LogP contribution in [0.2, 0.25) is 5.02 Å². The van der Waals surface area contributed by atoms with Gasteiger partial charge >= 0.3 is 0 Å². The third kappa shape index (κ3) is 3.85. The molecule has 7 nitrogen and oxygen atoms in total. The topological polar surface area (TPSA) is 79.0 Å². The van der Waals surface area contributed by atoms with Gasteiger partial charge < -0.3 is 19.9 Å². The van der Waals surface area contributed by atoms with Crippen molar-refractivity contribution in [3.8, 4) is 16.9 Å². The van der Waals surface area contributed by atoms with E-state index in [0.29, 0.717) is 33.4 Å². The summed E-state index contributed by atoms with van der Waals surface area (Å²) in [5.41, 5.74) is 2.34. The van der Waals surface area contributed by atoms with Crippen LogP contribution in [0.1, 0.15) is 20.0 Å². The molecule has 0 aliphatic carbocycles. The van der Waals surface area contributed by atoms with Gasteiger partial charge in [0.05, 0.1) is 29.8 Å². The van der Waals surface area contributed by atoms with Crippen molar-refractivity contribution in [3.63, 3.8) is 0 Å². The van der Waals surface area contributed by atoms with E-state index in [2.05, 4.69) is 5.32 Å². The van der Waals surface area contributed by atoms with E-state index in [0.717, 1.165) is 11.1 Å². The van der Waals surface area contributed by atoms with Gasteiger partial charge in [0.15, 0.2) is 0 Å². The largest absolute Gasteiger partial charge is 0.496 e. The Labute approximate surface area is 199 Å². The third-order valence-electron chi connectivity index (χ3n) is 5.94. The summed E-state index contributed by atoms with van der Waals surface area (Å²) in [5, 5.41) is 5.26. The number of thiophene rings is 1. The average Bonchev–Trinajstić information content (AvgIpc) is 3.35. The maximum absolute atomic E-state index is 13.5. The average molecular weight is 482 g/mol. The number of nitrogens with one attached hydrogen (secondary N) is 1. The number of methoxy groups -OCH3 is 1. The first-order valence-corrected chi connectivity index (χ1v) is 11.6. The Morgan fingerprint density at radius 2 is 1.97 bits per heavy atom. The lowest BCUT2D eigenvalue weighted by Crippen LogP contribution is -2.59. The molecule has 9 heteroatoms. The molecule has 2 aliphatic rings. The van der Waals surface area contributed by atoms with Crippen molar-refractivity contribution in [2.24, 2.45) is 0 Å². The second-order valence-corrected chi connectivity index (χ2v) is 9.22. The number of amides is 3. The zero-order chi connectivity index (χ0) is 23.1. The van der Waals surface area contributed by atoms with E-state index in [-0.39, 0.29) is 30.8 Å². The molecular formula is C24H20ClN3O4S. The molecule has 3 aromatic rings. The Morgan fingerprint density at radius 1 is 1.12 bits per heavy atom. The van der Waals surface area contributed by atoms with Crippen LogP contribution in [0.3, 0.4) is 0 Å². The fourth-order valence-corrected chi connectivity index (χ4v) is 5.13. The minimum Gasteiger partial charge on any atom is -0.496 e. The predicted octanol–water partition coefficient (Wildman–Crippen LogP) is 4.00. The van der Waals surface area contributed by atoms with Crippen LogP contribution < -0.4 is 10.1 Å². The Morgan fingerprint density at radius 3 is 2.73 bits per heavy atom. The molecule has 1 unspecified atom stereocenters. The molecule has 3 heterocycles. The van der Waals surface area contributed by atoms with Gasteiger partial charge in [0.2, 0.25) is 5.91 Å². The fourth-order valence-electron chi connectivity index (χ4n) is 4.27. The molecule has 1 atom stereocenters. The Hall–Kier alpha value is -3.36. The number of hydrogen-bond acceptors (Lipinski definition) is 5. The highest BCUT2D eigenvalue weighted by Crippen LogP contribution is 2.36. The van der Waals surface area contributed by atoms with Crippen LogP contribution in [0.5, 0.6) is 5.75 Å². The predicted molar refractivity (Wildman–Crippen MR) is 127 cm³/mol. The lowest BCUT2D eigenvalue weighted by molar-refractivity contribution is -0.121. The summed E-state index contributed by atoms with van der Waals surface area (Å²) in [6.45, 7) is 0.791. The Kier molecular flexibility index (Phi) is 5.55. The summed E-state index contributed by atoms with van der Waals surface area (Å²) in [4.78, 5) is 43.1. The molecule has 0 radical (unpaired) electrons. The summed E-state index contributed by atoms with van der Waals surface area (Å²) in [7, 11) is 1.57. The summed E-state index contributed by atoms with van der Waals surface area (Å²) in [6.07, 6.45) is 0. The SMILES string of the molecule is COc1ccc(Cl)cc1-c1ccc2c(c1)C(=O)N1CCN(C(=O)c3cccs3)CC1C(=O)N2. The van der Waals surface area contributed by atoms with E-state index in [1.165, 1.54) is 11.3 Å². The molecule has 0 bridgehead atoms. The van der Waals surface area contributed by atoms with Crippen LogP contribution in [-0.4, -0.2) is 60.3 Å². The van der Waals surface area contributed by atoms with Crippen LogP contribution in [0.4, 0.5) is 5.69 Å². The molecule has 1 fully saturated rings. The normalized spacial score (nSPS) is 17.7. The van der Waals surface area contributed by atoms with Crippen molar-refractivity contribution in [1.82, 2.24) is 9.80 Å². The van der Waals surface area contributed by atoms with Crippen molar-refractivity contribution >= 4 is 46.3 Å². The van der Waals surface area contributed by atoms with E-state index in [1.54, 1.807) is 53.3 Å². The van der Waals surface area contributed by atoms with Crippen molar-refractivity contribution in [1.29, 1.82) is 0 Å². The second-order valence-electron chi connectivity index (χ2n) is 7.84. The van der Waals surface area contributed by atoms with Gasteiger partial charge in [-0.3, -0.25) is 14.4 Å². The minimum absolute atomic E-state index is 0.123. The lowest BCUT2D eigenvalue weighted by atomic mass is 10.00. The molecule has 1 N–H and O–H groups in total. The lowest BCUT2D eigenvalue weighted by Gasteiger charge is -2.39. The van der Waals surface area contributed by atoms with Crippen molar-refractivity contribution < 1.29 is 19.1 Å². The van der Waals surface area contributed by atoms with Crippen LogP contribution in [0.15, 0.2) is 53.9 Å². The van der Waals surface area contributed by atoms with Gasteiger partial charge in [-0.15, -0.1) is 11.3 Å². The van der Waals surface area contributed by atoms with Crippen LogP contribution >= 0.6 is 22.9 Å². The van der Waals surface area contributed by atoms with E-state index in [4.69, 9.17) is 16.3 Å². The van der Waals surface area contributed by atoms with Crippen molar-refractivity contribution in [2.75, 3.05) is 32.1 Å². The molecule has 0 spiro atoms. The molecule has 168 valence electrons. The van der Waals surface area contributed by atoms with Gasteiger partial charge in [0.1, 0.15) is 11.8 Å². The van der Waals surface area contributed by atoms with E-state index < -0.39 is 6.04 Å². The van der Waals surface area contributed by atoms with Crippen molar-refractivity contribution in [2.45, 2.75) is 6.04 Å². The number of nitrogens with zero attached hydrogens (tertiary/aromatic N) is 2. The number of hydrogen-bond donors (Lipinski definition) is 1. The number of benzene rings is 2. The number of halogens is 1. The molecular weight excluding hydrogens is 462 g/mol. The number of carbonyl (C=O) groups excluding carboxylic acids is 3. The first kappa shape index (κ1) is 21.5. The smallest absolute Gasteiger partial charge is 0.264 e. The van der Waals surface area contributed by atoms with Crippen LogP contribution in [-0.2, 0) is 4.79 Å². The highest BCUT2D eigenvalue weighted by atomic mass is 35.5. The van der Waals surface area contributed by atoms with Crippen LogP contribution in [0.25, 0.3) is 11.1 Å². The van der Waals surface area contributed by atoms with E-state index in [1.807, 2.05) is 17.5 Å².